The summed E-state index contributed by atoms with van der Waals surface area (Å²) in [6.45, 7) is 1.28. The number of nitrogens with zero attached hydrogens (tertiary/aromatic N) is 1. The summed E-state index contributed by atoms with van der Waals surface area (Å²) in [5.74, 6) is 0. The fourth-order valence-electron chi connectivity index (χ4n) is 2.05. The molecule has 0 amide bonds. The third kappa shape index (κ3) is 0.978. The number of likely N-dealkylation sites (tertiary alicyclic amines) is 1. The highest BCUT2D eigenvalue weighted by Gasteiger charge is 2.48. The second-order valence-corrected chi connectivity index (χ2v) is 4.63. The molecule has 0 aromatic rings. The van der Waals surface area contributed by atoms with Gasteiger partial charge >= 0.3 is 0 Å². The van der Waals surface area contributed by atoms with Gasteiger partial charge in [-0.1, -0.05) is 0 Å². The Bertz CT molecular complexity index is 142. The Morgan fingerprint density at radius 1 is 1.50 bits per heavy atom. The van der Waals surface area contributed by atoms with Crippen LogP contribution in [-0.2, 0) is 0 Å². The molecule has 2 heteroatoms. The van der Waals surface area contributed by atoms with Gasteiger partial charge in [-0.3, -0.25) is 0 Å². The van der Waals surface area contributed by atoms with Crippen molar-refractivity contribution in [1.29, 1.82) is 0 Å². The van der Waals surface area contributed by atoms with E-state index in [9.17, 15) is 0 Å². The minimum absolute atomic E-state index is 0.422. The molecule has 58 valence electrons. The molecule has 1 aliphatic carbocycles. The fraction of sp³-hybridized carbons (Fsp3) is 1.00. The van der Waals surface area contributed by atoms with Gasteiger partial charge in [-0.15, -0.1) is 0 Å². The highest BCUT2D eigenvalue weighted by molar-refractivity contribution is 7.82. The maximum absolute atomic E-state index is 4.68. The predicted molar refractivity (Wildman–Crippen MR) is 46.6 cm³/mol. The monoisotopic (exact) mass is 157 g/mol. The summed E-state index contributed by atoms with van der Waals surface area (Å²) in [4.78, 5) is 2.47. The molecule has 2 fully saturated rings. The first-order chi connectivity index (χ1) is 4.72. The van der Waals surface area contributed by atoms with E-state index in [0.29, 0.717) is 4.75 Å². The van der Waals surface area contributed by atoms with Crippen molar-refractivity contribution in [3.8, 4) is 0 Å². The van der Waals surface area contributed by atoms with Gasteiger partial charge in [0.1, 0.15) is 0 Å². The van der Waals surface area contributed by atoms with Crippen LogP contribution in [0.25, 0.3) is 0 Å². The zero-order valence-electron chi connectivity index (χ0n) is 6.51. The molecule has 0 aromatic carbocycles. The lowest BCUT2D eigenvalue weighted by Gasteiger charge is -2.24. The van der Waals surface area contributed by atoms with Crippen LogP contribution in [0.1, 0.15) is 25.7 Å². The van der Waals surface area contributed by atoms with Crippen molar-refractivity contribution in [3.05, 3.63) is 0 Å². The van der Waals surface area contributed by atoms with Crippen LogP contribution in [0.2, 0.25) is 0 Å². The van der Waals surface area contributed by atoms with E-state index < -0.39 is 0 Å². The molecule has 1 aliphatic heterocycles. The SMILES string of the molecule is CN1CCC[C@H]1C1(S)CC1. The average Bonchev–Trinajstić information content (AvgIpc) is 2.44. The summed E-state index contributed by atoms with van der Waals surface area (Å²) in [5.41, 5.74) is 0. The molecule has 1 atom stereocenters. The third-order valence-corrected chi connectivity index (χ3v) is 3.65. The van der Waals surface area contributed by atoms with Gasteiger partial charge in [-0.25, -0.2) is 0 Å². The summed E-state index contributed by atoms with van der Waals surface area (Å²) in [6, 6.07) is 0.788. The minimum Gasteiger partial charge on any atom is -0.302 e. The second kappa shape index (κ2) is 2.15. The summed E-state index contributed by atoms with van der Waals surface area (Å²) in [7, 11) is 2.23. The number of hydrogen-bond acceptors (Lipinski definition) is 2. The van der Waals surface area contributed by atoms with Crippen LogP contribution >= 0.6 is 12.6 Å². The molecule has 0 N–H and O–H groups in total. The van der Waals surface area contributed by atoms with E-state index in [1.807, 2.05) is 0 Å². The van der Waals surface area contributed by atoms with Crippen molar-refractivity contribution in [2.45, 2.75) is 36.5 Å². The molecule has 0 radical (unpaired) electrons. The molecule has 2 aliphatic rings. The van der Waals surface area contributed by atoms with Gasteiger partial charge in [0.25, 0.3) is 0 Å². The van der Waals surface area contributed by atoms with Crippen LogP contribution in [0, 0.1) is 0 Å². The van der Waals surface area contributed by atoms with E-state index in [1.165, 1.54) is 32.2 Å². The highest BCUT2D eigenvalue weighted by atomic mass is 32.1. The topological polar surface area (TPSA) is 3.24 Å². The molecule has 1 nitrogen and oxygen atoms in total. The smallest absolute Gasteiger partial charge is 0.0286 e. The normalized spacial score (nSPS) is 38.4. The molecule has 10 heavy (non-hydrogen) atoms. The van der Waals surface area contributed by atoms with Crippen molar-refractivity contribution in [2.75, 3.05) is 13.6 Å². The Labute approximate surface area is 68.2 Å². The summed E-state index contributed by atoms with van der Waals surface area (Å²) in [5, 5.41) is 0. The first-order valence-electron chi connectivity index (χ1n) is 4.15. The molecule has 1 saturated carbocycles. The van der Waals surface area contributed by atoms with Crippen LogP contribution in [0.3, 0.4) is 0 Å². The average molecular weight is 157 g/mol. The predicted octanol–water partition coefficient (Wildman–Crippen LogP) is 1.54. The Kier molecular flexibility index (Phi) is 1.50. The van der Waals surface area contributed by atoms with Crippen LogP contribution in [0.5, 0.6) is 0 Å². The van der Waals surface area contributed by atoms with Gasteiger partial charge < -0.3 is 4.90 Å². The van der Waals surface area contributed by atoms with E-state index in [4.69, 9.17) is 0 Å². The third-order valence-electron chi connectivity index (χ3n) is 2.90. The largest absolute Gasteiger partial charge is 0.302 e. The van der Waals surface area contributed by atoms with Crippen LogP contribution < -0.4 is 0 Å². The number of thiol groups is 1. The quantitative estimate of drug-likeness (QED) is 0.565. The van der Waals surface area contributed by atoms with Crippen LogP contribution in [0.15, 0.2) is 0 Å². The fourth-order valence-corrected chi connectivity index (χ4v) is 2.49. The minimum atomic E-state index is 0.422. The van der Waals surface area contributed by atoms with E-state index in [2.05, 4.69) is 24.6 Å². The zero-order valence-corrected chi connectivity index (χ0v) is 7.40. The Morgan fingerprint density at radius 3 is 2.60 bits per heavy atom. The van der Waals surface area contributed by atoms with Crippen molar-refractivity contribution in [3.63, 3.8) is 0 Å². The molecule has 0 bridgehead atoms. The van der Waals surface area contributed by atoms with E-state index >= 15 is 0 Å². The van der Waals surface area contributed by atoms with E-state index in [0.717, 1.165) is 6.04 Å². The molecule has 0 spiro atoms. The summed E-state index contributed by atoms with van der Waals surface area (Å²) < 4.78 is 0.422. The first-order valence-corrected chi connectivity index (χ1v) is 4.60. The Balaban J connectivity index is 2.03. The number of rotatable bonds is 1. The molecule has 0 unspecified atom stereocenters. The van der Waals surface area contributed by atoms with Crippen LogP contribution in [-0.4, -0.2) is 29.3 Å². The van der Waals surface area contributed by atoms with Gasteiger partial charge in [0.15, 0.2) is 0 Å². The zero-order chi connectivity index (χ0) is 7.19. The first kappa shape index (κ1) is 6.99. The molecule has 0 aromatic heterocycles. The molecule has 2 rings (SSSR count). The molecule has 1 heterocycles. The van der Waals surface area contributed by atoms with Gasteiger partial charge in [-0.2, -0.15) is 12.6 Å². The Morgan fingerprint density at radius 2 is 2.20 bits per heavy atom. The van der Waals surface area contributed by atoms with Crippen LogP contribution in [0.4, 0.5) is 0 Å². The lowest BCUT2D eigenvalue weighted by molar-refractivity contribution is 0.298. The van der Waals surface area contributed by atoms with E-state index in [1.54, 1.807) is 0 Å². The van der Waals surface area contributed by atoms with Gasteiger partial charge in [0.05, 0.1) is 0 Å². The standard InChI is InChI=1S/C8H15NS/c1-9-6-2-3-7(9)8(10)4-5-8/h7,10H,2-6H2,1H3/t7-/m0/s1. The van der Waals surface area contributed by atoms with Gasteiger partial charge in [0.2, 0.25) is 0 Å². The Hall–Kier alpha value is 0.310. The van der Waals surface area contributed by atoms with Crippen molar-refractivity contribution < 1.29 is 0 Å². The van der Waals surface area contributed by atoms with Crippen molar-refractivity contribution in [1.82, 2.24) is 4.90 Å². The van der Waals surface area contributed by atoms with Crippen molar-refractivity contribution in [2.24, 2.45) is 0 Å². The van der Waals surface area contributed by atoms with Gasteiger partial charge in [-0.05, 0) is 39.3 Å². The lowest BCUT2D eigenvalue weighted by atomic mass is 10.1. The molecular formula is C8H15NS. The molecular weight excluding hydrogens is 142 g/mol. The maximum Gasteiger partial charge on any atom is 0.0286 e. The lowest BCUT2D eigenvalue weighted by Crippen LogP contribution is -2.34. The van der Waals surface area contributed by atoms with Crippen molar-refractivity contribution >= 4 is 12.6 Å². The second-order valence-electron chi connectivity index (χ2n) is 3.74. The van der Waals surface area contributed by atoms with E-state index in [-0.39, 0.29) is 0 Å². The van der Waals surface area contributed by atoms with Gasteiger partial charge in [0, 0.05) is 10.8 Å². The number of hydrogen-bond donors (Lipinski definition) is 1. The summed E-state index contributed by atoms with van der Waals surface area (Å²) >= 11 is 4.68. The maximum atomic E-state index is 4.68. The summed E-state index contributed by atoms with van der Waals surface area (Å²) in [6.07, 6.45) is 5.43. The molecule has 1 saturated heterocycles. The highest BCUT2D eigenvalue weighted by Crippen LogP contribution is 2.49.